The molecule has 1 aliphatic heterocycles. The number of halogens is 1. The summed E-state index contributed by atoms with van der Waals surface area (Å²) in [5.41, 5.74) is 0.592. The molecule has 2 fully saturated rings. The third-order valence-corrected chi connectivity index (χ3v) is 6.76. The van der Waals surface area contributed by atoms with E-state index in [-0.39, 0.29) is 30.4 Å². The molecular weight excluding hydrogens is 415 g/mol. The summed E-state index contributed by atoms with van der Waals surface area (Å²) in [6, 6.07) is 8.27. The van der Waals surface area contributed by atoms with Gasteiger partial charge in [-0.25, -0.2) is 4.39 Å². The van der Waals surface area contributed by atoms with Crippen molar-refractivity contribution in [2.24, 2.45) is 5.92 Å². The lowest BCUT2D eigenvalue weighted by Crippen LogP contribution is -2.35. The van der Waals surface area contributed by atoms with Crippen LogP contribution < -0.4 is 9.80 Å². The molecule has 0 N–H and O–H groups in total. The standard InChI is InChI=1S/C22H27FN6OS/c1-16-9-13-27(14-10-16)21-25-26-22(29(21)19-7-8-19)31-15-20(30)28(12-2-11-24)18-5-3-17(23)4-6-18/h3-6,16,19H,2,7-10,12-15H2,1H3. The van der Waals surface area contributed by atoms with Crippen molar-refractivity contribution in [2.75, 3.05) is 35.2 Å². The van der Waals surface area contributed by atoms with Crippen molar-refractivity contribution in [2.45, 2.75) is 50.2 Å². The van der Waals surface area contributed by atoms with Gasteiger partial charge < -0.3 is 9.80 Å². The number of carbonyl (C=O) groups is 1. The first-order chi connectivity index (χ1) is 15.1. The Bertz CT molecular complexity index is 944. The third kappa shape index (κ3) is 5.18. The van der Waals surface area contributed by atoms with Crippen LogP contribution >= 0.6 is 11.8 Å². The molecule has 1 saturated heterocycles. The van der Waals surface area contributed by atoms with Gasteiger partial charge in [0.05, 0.1) is 18.2 Å². The van der Waals surface area contributed by atoms with Crippen molar-refractivity contribution < 1.29 is 9.18 Å². The van der Waals surface area contributed by atoms with Crippen LogP contribution in [0.15, 0.2) is 29.4 Å². The molecule has 1 aliphatic carbocycles. The Hall–Kier alpha value is -2.60. The van der Waals surface area contributed by atoms with Crippen molar-refractivity contribution in [3.05, 3.63) is 30.1 Å². The van der Waals surface area contributed by atoms with E-state index in [1.54, 1.807) is 17.0 Å². The van der Waals surface area contributed by atoms with Gasteiger partial charge >= 0.3 is 0 Å². The molecule has 2 heterocycles. The Morgan fingerprint density at radius 1 is 1.23 bits per heavy atom. The number of piperidine rings is 1. The highest BCUT2D eigenvalue weighted by molar-refractivity contribution is 7.99. The zero-order valence-corrected chi connectivity index (χ0v) is 18.5. The summed E-state index contributed by atoms with van der Waals surface area (Å²) in [5, 5.41) is 18.6. The molecule has 1 aromatic heterocycles. The summed E-state index contributed by atoms with van der Waals surface area (Å²) in [4.78, 5) is 16.8. The first kappa shape index (κ1) is 21.6. The number of rotatable bonds is 8. The van der Waals surface area contributed by atoms with Crippen molar-refractivity contribution >= 4 is 29.3 Å². The maximum absolute atomic E-state index is 13.3. The van der Waals surface area contributed by atoms with Crippen molar-refractivity contribution in [3.8, 4) is 6.07 Å². The molecule has 31 heavy (non-hydrogen) atoms. The van der Waals surface area contributed by atoms with Crippen LogP contribution in [0.3, 0.4) is 0 Å². The van der Waals surface area contributed by atoms with Gasteiger partial charge in [-0.05, 0) is 55.9 Å². The van der Waals surface area contributed by atoms with Crippen LogP contribution in [0.25, 0.3) is 0 Å². The number of benzene rings is 1. The van der Waals surface area contributed by atoms with E-state index in [1.165, 1.54) is 23.9 Å². The molecule has 0 spiro atoms. The first-order valence-corrected chi connectivity index (χ1v) is 11.8. The first-order valence-electron chi connectivity index (χ1n) is 10.8. The lowest BCUT2D eigenvalue weighted by Gasteiger charge is -2.31. The van der Waals surface area contributed by atoms with Gasteiger partial charge in [0.25, 0.3) is 0 Å². The Balaban J connectivity index is 1.46. The van der Waals surface area contributed by atoms with Gasteiger partial charge in [-0.15, -0.1) is 10.2 Å². The smallest absolute Gasteiger partial charge is 0.237 e. The van der Waals surface area contributed by atoms with Gasteiger partial charge in [-0.3, -0.25) is 9.36 Å². The Morgan fingerprint density at radius 3 is 2.58 bits per heavy atom. The molecule has 1 amide bonds. The molecule has 2 aromatic rings. The lowest BCUT2D eigenvalue weighted by atomic mass is 10.00. The average molecular weight is 443 g/mol. The number of nitriles is 1. The van der Waals surface area contributed by atoms with E-state index in [4.69, 9.17) is 5.26 Å². The molecule has 7 nitrogen and oxygen atoms in total. The van der Waals surface area contributed by atoms with Gasteiger partial charge in [0.1, 0.15) is 5.82 Å². The number of anilines is 2. The SMILES string of the molecule is CC1CCN(c2nnc(SCC(=O)N(CCC#N)c3ccc(F)cc3)n2C2CC2)CC1. The van der Waals surface area contributed by atoms with Crippen LogP contribution in [-0.4, -0.2) is 46.1 Å². The number of thioether (sulfide) groups is 1. The Labute approximate surface area is 186 Å². The summed E-state index contributed by atoms with van der Waals surface area (Å²) in [6.07, 6.45) is 4.75. The lowest BCUT2D eigenvalue weighted by molar-refractivity contribution is -0.116. The second-order valence-corrected chi connectivity index (χ2v) is 9.21. The second-order valence-electron chi connectivity index (χ2n) is 8.27. The van der Waals surface area contributed by atoms with Gasteiger partial charge in [-0.2, -0.15) is 5.26 Å². The summed E-state index contributed by atoms with van der Waals surface area (Å²) in [7, 11) is 0. The van der Waals surface area contributed by atoms with Gasteiger partial charge in [0.15, 0.2) is 5.16 Å². The molecule has 0 unspecified atom stereocenters. The number of amides is 1. The average Bonchev–Trinajstić information content (AvgIpc) is 3.53. The zero-order valence-electron chi connectivity index (χ0n) is 17.7. The monoisotopic (exact) mass is 442 g/mol. The zero-order chi connectivity index (χ0) is 21.8. The van der Waals surface area contributed by atoms with Crippen LogP contribution in [0.4, 0.5) is 16.0 Å². The highest BCUT2D eigenvalue weighted by Gasteiger charge is 2.33. The fourth-order valence-corrected chi connectivity index (χ4v) is 4.71. The molecule has 1 saturated carbocycles. The van der Waals surface area contributed by atoms with Crippen LogP contribution in [-0.2, 0) is 4.79 Å². The predicted molar refractivity (Wildman–Crippen MR) is 119 cm³/mol. The van der Waals surface area contributed by atoms with Crippen LogP contribution in [0, 0.1) is 23.1 Å². The van der Waals surface area contributed by atoms with Crippen LogP contribution in [0.1, 0.15) is 45.1 Å². The van der Waals surface area contributed by atoms with E-state index < -0.39 is 0 Å². The minimum absolute atomic E-state index is 0.134. The number of carbonyl (C=O) groups excluding carboxylic acids is 1. The van der Waals surface area contributed by atoms with E-state index in [1.807, 2.05) is 0 Å². The van der Waals surface area contributed by atoms with Crippen molar-refractivity contribution in [1.29, 1.82) is 5.26 Å². The van der Waals surface area contributed by atoms with E-state index in [2.05, 4.69) is 32.7 Å². The fraction of sp³-hybridized carbons (Fsp3) is 0.545. The van der Waals surface area contributed by atoms with Gasteiger partial charge in [-0.1, -0.05) is 18.7 Å². The highest BCUT2D eigenvalue weighted by atomic mass is 32.2. The summed E-state index contributed by atoms with van der Waals surface area (Å²) in [6.45, 7) is 4.54. The number of aromatic nitrogens is 3. The van der Waals surface area contributed by atoms with E-state index >= 15 is 0 Å². The molecule has 0 atom stereocenters. The topological polar surface area (TPSA) is 78.1 Å². The number of nitrogens with zero attached hydrogens (tertiary/aromatic N) is 6. The molecule has 164 valence electrons. The molecule has 2 aliphatic rings. The largest absolute Gasteiger partial charge is 0.341 e. The highest BCUT2D eigenvalue weighted by Crippen LogP contribution is 2.41. The van der Waals surface area contributed by atoms with Crippen molar-refractivity contribution in [1.82, 2.24) is 14.8 Å². The Kier molecular flexibility index (Phi) is 6.76. The third-order valence-electron chi connectivity index (χ3n) is 5.84. The van der Waals surface area contributed by atoms with Crippen molar-refractivity contribution in [3.63, 3.8) is 0 Å². The van der Waals surface area contributed by atoms with Gasteiger partial charge in [0.2, 0.25) is 11.9 Å². The summed E-state index contributed by atoms with van der Waals surface area (Å²) in [5.74, 6) is 1.36. The molecular formula is C22H27FN6OS. The summed E-state index contributed by atoms with van der Waals surface area (Å²) >= 11 is 1.38. The van der Waals surface area contributed by atoms with E-state index in [9.17, 15) is 9.18 Å². The predicted octanol–water partition coefficient (Wildman–Crippen LogP) is 4.03. The molecule has 0 radical (unpaired) electrons. The number of hydrogen-bond donors (Lipinski definition) is 0. The quantitative estimate of drug-likeness (QED) is 0.575. The van der Waals surface area contributed by atoms with Crippen LogP contribution in [0.2, 0.25) is 0 Å². The molecule has 4 rings (SSSR count). The fourth-order valence-electron chi connectivity index (χ4n) is 3.83. The van der Waals surface area contributed by atoms with E-state index in [0.29, 0.717) is 11.7 Å². The molecule has 1 aromatic carbocycles. The maximum atomic E-state index is 13.3. The van der Waals surface area contributed by atoms with Crippen LogP contribution in [0.5, 0.6) is 0 Å². The normalized spacial score (nSPS) is 16.9. The minimum atomic E-state index is -0.358. The van der Waals surface area contributed by atoms with Gasteiger partial charge in [0, 0.05) is 31.4 Å². The number of hydrogen-bond acceptors (Lipinski definition) is 6. The minimum Gasteiger partial charge on any atom is -0.341 e. The molecule has 9 heteroatoms. The summed E-state index contributed by atoms with van der Waals surface area (Å²) < 4.78 is 15.5. The molecule has 0 bridgehead atoms. The second kappa shape index (κ2) is 9.69. The Morgan fingerprint density at radius 2 is 1.94 bits per heavy atom. The maximum Gasteiger partial charge on any atom is 0.237 e. The van der Waals surface area contributed by atoms with E-state index in [0.717, 1.165) is 55.8 Å².